The molecule has 1 amide bonds. The Morgan fingerprint density at radius 3 is 2.85 bits per heavy atom. The average Bonchev–Trinajstić information content (AvgIpc) is 2.22. The van der Waals surface area contributed by atoms with Gasteiger partial charge < -0.3 is 0 Å². The van der Waals surface area contributed by atoms with Crippen molar-refractivity contribution in [2.45, 2.75) is 11.9 Å². The van der Waals surface area contributed by atoms with Gasteiger partial charge in [0.15, 0.2) is 5.03 Å². The molecule has 0 radical (unpaired) electrons. The molecule has 68 valence electrons. The minimum Gasteiger partial charge on any atom is -0.268 e. The van der Waals surface area contributed by atoms with Crippen LogP contribution in [-0.2, 0) is 10.0 Å². The van der Waals surface area contributed by atoms with E-state index in [4.69, 9.17) is 0 Å². The number of fused-ring (bicyclic) bond motifs is 1. The molecule has 0 aromatic carbocycles. The van der Waals surface area contributed by atoms with Crippen LogP contribution in [-0.4, -0.2) is 19.3 Å². The molecule has 1 N–H and O–H groups in total. The predicted octanol–water partition coefficient (Wildman–Crippen LogP) is -0.178. The van der Waals surface area contributed by atoms with Gasteiger partial charge in [-0.25, -0.2) is 9.71 Å². The summed E-state index contributed by atoms with van der Waals surface area (Å²) in [6.07, 6.45) is 1.41. The van der Waals surface area contributed by atoms with Crippen LogP contribution in [0.4, 0.5) is 0 Å². The molecule has 1 aliphatic heterocycles. The topological polar surface area (TPSA) is 76.1 Å². The van der Waals surface area contributed by atoms with E-state index in [1.165, 1.54) is 12.3 Å². The van der Waals surface area contributed by atoms with Gasteiger partial charge in [0.2, 0.25) is 0 Å². The van der Waals surface area contributed by atoms with Crippen molar-refractivity contribution in [2.24, 2.45) is 0 Å². The van der Waals surface area contributed by atoms with Crippen LogP contribution in [0.5, 0.6) is 0 Å². The van der Waals surface area contributed by atoms with Crippen molar-refractivity contribution in [3.05, 3.63) is 23.4 Å². The molecule has 0 aliphatic carbocycles. The van der Waals surface area contributed by atoms with E-state index >= 15 is 0 Å². The van der Waals surface area contributed by atoms with E-state index in [0.717, 1.165) is 5.56 Å². The van der Waals surface area contributed by atoms with Crippen LogP contribution < -0.4 is 4.72 Å². The standard InChI is InChI=1S/C7H6N2O3S/c1-4-2-5-6(10)9-13(11,12)7(5)8-3-4/h2-3H,1H3,(H,9,10). The summed E-state index contributed by atoms with van der Waals surface area (Å²) in [7, 11) is -3.68. The van der Waals surface area contributed by atoms with Crippen molar-refractivity contribution in [3.63, 3.8) is 0 Å². The maximum atomic E-state index is 11.2. The van der Waals surface area contributed by atoms with E-state index in [9.17, 15) is 13.2 Å². The highest BCUT2D eigenvalue weighted by Gasteiger charge is 2.33. The van der Waals surface area contributed by atoms with Crippen LogP contribution in [0.15, 0.2) is 17.3 Å². The number of carbonyl (C=O) groups is 1. The molecular weight excluding hydrogens is 192 g/mol. The first-order valence-electron chi connectivity index (χ1n) is 3.54. The minimum atomic E-state index is -3.68. The number of sulfonamides is 1. The van der Waals surface area contributed by atoms with Gasteiger partial charge in [-0.1, -0.05) is 0 Å². The fraction of sp³-hybridized carbons (Fsp3) is 0.143. The molecule has 6 heteroatoms. The molecule has 0 unspecified atom stereocenters. The summed E-state index contributed by atoms with van der Waals surface area (Å²) in [6.45, 7) is 1.74. The lowest BCUT2D eigenvalue weighted by molar-refractivity contribution is 0.0984. The zero-order valence-electron chi connectivity index (χ0n) is 6.73. The Morgan fingerprint density at radius 2 is 2.15 bits per heavy atom. The number of pyridine rings is 1. The molecule has 0 bridgehead atoms. The van der Waals surface area contributed by atoms with Gasteiger partial charge in [-0.3, -0.25) is 4.79 Å². The van der Waals surface area contributed by atoms with Crippen LogP contribution in [0.2, 0.25) is 0 Å². The molecule has 0 atom stereocenters. The van der Waals surface area contributed by atoms with Crippen molar-refractivity contribution >= 4 is 15.9 Å². The Bertz CT molecular complexity index is 492. The Hall–Kier alpha value is -1.43. The first kappa shape index (κ1) is 8.18. The summed E-state index contributed by atoms with van der Waals surface area (Å²) in [6, 6.07) is 1.50. The molecular formula is C7H6N2O3S. The molecule has 0 fully saturated rings. The minimum absolute atomic E-state index is 0.125. The molecule has 2 rings (SSSR count). The fourth-order valence-electron chi connectivity index (χ4n) is 1.16. The monoisotopic (exact) mass is 198 g/mol. The second-order valence-electron chi connectivity index (χ2n) is 2.80. The Kier molecular flexibility index (Phi) is 1.44. The molecule has 1 aromatic rings. The van der Waals surface area contributed by atoms with Gasteiger partial charge in [-0.2, -0.15) is 8.42 Å². The highest BCUT2D eigenvalue weighted by Crippen LogP contribution is 2.19. The SMILES string of the molecule is Cc1cnc2c(c1)C(=O)NS2(=O)=O. The second-order valence-corrected chi connectivity index (χ2v) is 4.40. The third kappa shape index (κ3) is 1.10. The number of rotatable bonds is 0. The Balaban J connectivity index is 2.80. The lowest BCUT2D eigenvalue weighted by atomic mass is 10.2. The first-order valence-corrected chi connectivity index (χ1v) is 5.03. The van der Waals surface area contributed by atoms with Crippen molar-refractivity contribution in [1.29, 1.82) is 0 Å². The highest BCUT2D eigenvalue weighted by molar-refractivity contribution is 7.90. The maximum absolute atomic E-state index is 11.2. The first-order chi connectivity index (χ1) is 6.00. The number of hydrogen-bond acceptors (Lipinski definition) is 4. The third-order valence-corrected chi connectivity index (χ3v) is 3.00. The predicted molar refractivity (Wildman–Crippen MR) is 43.6 cm³/mol. The van der Waals surface area contributed by atoms with Gasteiger partial charge in [0.05, 0.1) is 5.56 Å². The summed E-state index contributed by atoms with van der Waals surface area (Å²) < 4.78 is 24.2. The van der Waals surface area contributed by atoms with Crippen molar-refractivity contribution < 1.29 is 13.2 Å². The Morgan fingerprint density at radius 1 is 1.46 bits per heavy atom. The van der Waals surface area contributed by atoms with Crippen LogP contribution in [0, 0.1) is 6.92 Å². The number of amides is 1. The lowest BCUT2D eigenvalue weighted by Crippen LogP contribution is -2.20. The lowest BCUT2D eigenvalue weighted by Gasteiger charge is -1.94. The molecule has 13 heavy (non-hydrogen) atoms. The van der Waals surface area contributed by atoms with Crippen LogP contribution in [0.1, 0.15) is 15.9 Å². The number of nitrogens with one attached hydrogen (secondary N) is 1. The van der Waals surface area contributed by atoms with Gasteiger partial charge in [-0.05, 0) is 18.6 Å². The zero-order chi connectivity index (χ0) is 9.64. The number of hydrogen-bond donors (Lipinski definition) is 1. The molecule has 5 nitrogen and oxygen atoms in total. The van der Waals surface area contributed by atoms with E-state index < -0.39 is 15.9 Å². The normalized spacial score (nSPS) is 18.1. The fourth-order valence-corrected chi connectivity index (χ4v) is 2.24. The summed E-state index contributed by atoms with van der Waals surface area (Å²) in [5.41, 5.74) is 0.881. The van der Waals surface area contributed by atoms with Crippen molar-refractivity contribution in [2.75, 3.05) is 0 Å². The Labute approximate surface area is 74.8 Å². The molecule has 1 aliphatic rings. The number of aromatic nitrogens is 1. The van der Waals surface area contributed by atoms with E-state index in [1.54, 1.807) is 6.92 Å². The highest BCUT2D eigenvalue weighted by atomic mass is 32.2. The van der Waals surface area contributed by atoms with E-state index in [2.05, 4.69) is 4.98 Å². The summed E-state index contributed by atoms with van der Waals surface area (Å²) >= 11 is 0. The van der Waals surface area contributed by atoms with E-state index in [1.807, 2.05) is 4.72 Å². The number of nitrogens with zero attached hydrogens (tertiary/aromatic N) is 1. The van der Waals surface area contributed by atoms with Gasteiger partial charge in [0.1, 0.15) is 0 Å². The largest absolute Gasteiger partial charge is 0.282 e. The molecule has 0 spiro atoms. The van der Waals surface area contributed by atoms with Gasteiger partial charge >= 0.3 is 0 Å². The smallest absolute Gasteiger partial charge is 0.268 e. The summed E-state index contributed by atoms with van der Waals surface area (Å²) in [5.74, 6) is -0.605. The average molecular weight is 198 g/mol. The van der Waals surface area contributed by atoms with Crippen LogP contribution in [0.25, 0.3) is 0 Å². The zero-order valence-corrected chi connectivity index (χ0v) is 7.55. The summed E-state index contributed by atoms with van der Waals surface area (Å²) in [5, 5.41) is -0.178. The van der Waals surface area contributed by atoms with Gasteiger partial charge in [0, 0.05) is 6.20 Å². The van der Waals surface area contributed by atoms with Gasteiger partial charge in [-0.15, -0.1) is 0 Å². The summed E-state index contributed by atoms with van der Waals surface area (Å²) in [4.78, 5) is 14.8. The third-order valence-electron chi connectivity index (χ3n) is 1.71. The maximum Gasteiger partial charge on any atom is 0.282 e. The van der Waals surface area contributed by atoms with Crippen molar-refractivity contribution in [1.82, 2.24) is 9.71 Å². The molecule has 0 saturated carbocycles. The van der Waals surface area contributed by atoms with Crippen LogP contribution in [0.3, 0.4) is 0 Å². The number of carbonyl (C=O) groups excluding carboxylic acids is 1. The molecule has 0 saturated heterocycles. The van der Waals surface area contributed by atoms with Gasteiger partial charge in [0.25, 0.3) is 15.9 Å². The number of aryl methyl sites for hydroxylation is 1. The van der Waals surface area contributed by atoms with E-state index in [-0.39, 0.29) is 10.6 Å². The quantitative estimate of drug-likeness (QED) is 0.627. The second kappa shape index (κ2) is 2.29. The van der Waals surface area contributed by atoms with Crippen LogP contribution >= 0.6 is 0 Å². The molecule has 2 heterocycles. The van der Waals surface area contributed by atoms with Crippen molar-refractivity contribution in [3.8, 4) is 0 Å². The van der Waals surface area contributed by atoms with E-state index in [0.29, 0.717) is 0 Å². The molecule has 1 aromatic heterocycles.